The first-order valence-electron chi connectivity index (χ1n) is 13.7. The standard InChI is InChI=1S/C35H32F3N4.Ir/c1-33(2,3)26-14-9-23(10-15-26)30-40-31(24-11-16-27(17-12-24)34(4,5)6)42-32(41-30)25-13-20-29(39-21-25)22-7-18-28(19-8-22)35(36,37)38;/h7,9-21H,1-6H3;/q-1;. The largest absolute Gasteiger partial charge is 0.381 e. The summed E-state index contributed by atoms with van der Waals surface area (Å²) in [6.07, 6.45) is -2.80. The van der Waals surface area contributed by atoms with Gasteiger partial charge in [-0.3, -0.25) is 0 Å². The molecular formula is C35H32F3IrN4-. The minimum Gasteiger partial charge on any atom is -0.304 e. The molecule has 43 heavy (non-hydrogen) atoms. The Morgan fingerprint density at radius 1 is 0.535 bits per heavy atom. The van der Waals surface area contributed by atoms with Gasteiger partial charge in [0.25, 0.3) is 0 Å². The molecule has 5 aromatic rings. The summed E-state index contributed by atoms with van der Waals surface area (Å²) in [6.45, 7) is 13.0. The van der Waals surface area contributed by atoms with Crippen LogP contribution in [0.4, 0.5) is 13.2 Å². The number of rotatable bonds is 4. The maximum atomic E-state index is 13.0. The Morgan fingerprint density at radius 3 is 1.30 bits per heavy atom. The monoisotopic (exact) mass is 758 g/mol. The van der Waals surface area contributed by atoms with Gasteiger partial charge in [-0.25, -0.2) is 15.0 Å². The summed E-state index contributed by atoms with van der Waals surface area (Å²) in [5.41, 5.74) is 5.04. The van der Waals surface area contributed by atoms with Crippen molar-refractivity contribution in [2.75, 3.05) is 0 Å². The second kappa shape index (κ2) is 12.1. The molecule has 2 aromatic heterocycles. The molecule has 0 saturated carbocycles. The Balaban J connectivity index is 0.00000423. The first kappa shape index (κ1) is 32.2. The SMILES string of the molecule is CC(C)(C)c1ccc(-c2nc(-c3ccc(C(C)(C)C)cc3)nc(-c3ccc(-c4[c-]cc(C(F)(F)F)cc4)nc3)n2)cc1.[Ir]. The Kier molecular flexibility index (Phi) is 9.05. The van der Waals surface area contributed by atoms with Crippen LogP contribution in [-0.2, 0) is 37.1 Å². The number of aromatic nitrogens is 4. The van der Waals surface area contributed by atoms with Crippen LogP contribution in [0.25, 0.3) is 45.4 Å². The third-order valence-electron chi connectivity index (χ3n) is 7.09. The van der Waals surface area contributed by atoms with Crippen LogP contribution < -0.4 is 0 Å². The molecule has 4 nitrogen and oxygen atoms in total. The van der Waals surface area contributed by atoms with Gasteiger partial charge in [-0.1, -0.05) is 102 Å². The van der Waals surface area contributed by atoms with Crippen LogP contribution in [0, 0.1) is 6.07 Å². The van der Waals surface area contributed by atoms with Crippen molar-refractivity contribution in [3.8, 4) is 45.4 Å². The molecule has 3 aromatic carbocycles. The van der Waals surface area contributed by atoms with Gasteiger partial charge in [-0.15, -0.1) is 29.8 Å². The summed E-state index contributed by atoms with van der Waals surface area (Å²) in [5.74, 6) is 1.52. The van der Waals surface area contributed by atoms with Gasteiger partial charge in [-0.05, 0) is 33.2 Å². The number of hydrogen-bond acceptors (Lipinski definition) is 4. The summed E-state index contributed by atoms with van der Waals surface area (Å²) < 4.78 is 38.9. The molecule has 0 aliphatic rings. The number of benzene rings is 3. The van der Waals surface area contributed by atoms with Crippen molar-refractivity contribution in [2.45, 2.75) is 58.5 Å². The van der Waals surface area contributed by atoms with E-state index in [0.29, 0.717) is 34.3 Å². The maximum Gasteiger partial charge on any atom is 0.381 e. The third-order valence-corrected chi connectivity index (χ3v) is 7.09. The molecule has 0 bridgehead atoms. The fraction of sp³-hybridized carbons (Fsp3) is 0.257. The zero-order valence-corrected chi connectivity index (χ0v) is 27.2. The molecule has 223 valence electrons. The molecule has 0 amide bonds. The Morgan fingerprint density at radius 2 is 0.953 bits per heavy atom. The molecule has 0 N–H and O–H groups in total. The molecule has 0 aliphatic carbocycles. The predicted molar refractivity (Wildman–Crippen MR) is 161 cm³/mol. The van der Waals surface area contributed by atoms with Crippen molar-refractivity contribution >= 4 is 0 Å². The van der Waals surface area contributed by atoms with Gasteiger partial charge in [0, 0.05) is 43.0 Å². The fourth-order valence-corrected chi connectivity index (χ4v) is 4.45. The number of hydrogen-bond donors (Lipinski definition) is 0. The van der Waals surface area contributed by atoms with Crippen LogP contribution in [0.5, 0.6) is 0 Å². The van der Waals surface area contributed by atoms with E-state index < -0.39 is 11.7 Å². The molecular weight excluding hydrogens is 726 g/mol. The van der Waals surface area contributed by atoms with Crippen molar-refractivity contribution in [2.24, 2.45) is 0 Å². The van der Waals surface area contributed by atoms with E-state index in [-0.39, 0.29) is 30.9 Å². The van der Waals surface area contributed by atoms with E-state index in [2.05, 4.69) is 76.9 Å². The molecule has 5 rings (SSSR count). The number of nitrogens with zero attached hydrogens (tertiary/aromatic N) is 4. The summed E-state index contributed by atoms with van der Waals surface area (Å²) in [7, 11) is 0. The third kappa shape index (κ3) is 7.43. The summed E-state index contributed by atoms with van der Waals surface area (Å²) in [5, 5.41) is 0. The van der Waals surface area contributed by atoms with Gasteiger partial charge in [0.05, 0.1) is 0 Å². The first-order valence-corrected chi connectivity index (χ1v) is 13.7. The van der Waals surface area contributed by atoms with Crippen LogP contribution >= 0.6 is 0 Å². The second-order valence-corrected chi connectivity index (χ2v) is 12.4. The van der Waals surface area contributed by atoms with Crippen LogP contribution in [0.3, 0.4) is 0 Å². The van der Waals surface area contributed by atoms with E-state index in [1.807, 2.05) is 30.3 Å². The fourth-order valence-electron chi connectivity index (χ4n) is 4.45. The van der Waals surface area contributed by atoms with E-state index in [4.69, 9.17) is 15.0 Å². The maximum absolute atomic E-state index is 13.0. The molecule has 0 spiro atoms. The zero-order valence-electron chi connectivity index (χ0n) is 24.8. The van der Waals surface area contributed by atoms with Crippen LogP contribution in [-0.4, -0.2) is 19.9 Å². The number of alkyl halides is 3. The molecule has 0 atom stereocenters. The quantitative estimate of drug-likeness (QED) is 0.172. The van der Waals surface area contributed by atoms with Gasteiger partial charge in [-0.2, -0.15) is 13.2 Å². The van der Waals surface area contributed by atoms with Crippen molar-refractivity contribution in [1.82, 2.24) is 19.9 Å². The summed E-state index contributed by atoms with van der Waals surface area (Å²) in [4.78, 5) is 18.9. The first-order chi connectivity index (χ1) is 19.7. The molecule has 0 aliphatic heterocycles. The van der Waals surface area contributed by atoms with Gasteiger partial charge < -0.3 is 4.98 Å². The van der Waals surface area contributed by atoms with Crippen molar-refractivity contribution < 1.29 is 33.3 Å². The van der Waals surface area contributed by atoms with Crippen LogP contribution in [0.1, 0.15) is 58.2 Å². The van der Waals surface area contributed by atoms with E-state index in [1.165, 1.54) is 17.2 Å². The Hall–Kier alpha value is -3.74. The smallest absolute Gasteiger partial charge is 0.304 e. The van der Waals surface area contributed by atoms with Crippen molar-refractivity contribution in [3.05, 3.63) is 108 Å². The summed E-state index contributed by atoms with van der Waals surface area (Å²) >= 11 is 0. The second-order valence-electron chi connectivity index (χ2n) is 12.4. The van der Waals surface area contributed by atoms with E-state index in [9.17, 15) is 13.2 Å². The van der Waals surface area contributed by atoms with Crippen molar-refractivity contribution in [3.63, 3.8) is 0 Å². The van der Waals surface area contributed by atoms with Gasteiger partial charge in [0.2, 0.25) is 0 Å². The molecule has 0 unspecified atom stereocenters. The van der Waals surface area contributed by atoms with E-state index >= 15 is 0 Å². The molecule has 2 heterocycles. The Labute approximate surface area is 264 Å². The normalized spacial score (nSPS) is 12.1. The average molecular weight is 758 g/mol. The minimum atomic E-state index is -4.42. The van der Waals surface area contributed by atoms with E-state index in [0.717, 1.165) is 23.3 Å². The molecule has 0 fully saturated rings. The molecule has 0 saturated heterocycles. The van der Waals surface area contributed by atoms with Crippen LogP contribution in [0.2, 0.25) is 0 Å². The van der Waals surface area contributed by atoms with Gasteiger partial charge in [0.15, 0.2) is 17.5 Å². The summed E-state index contributed by atoms with van der Waals surface area (Å²) in [6, 6.07) is 26.0. The number of halogens is 3. The topological polar surface area (TPSA) is 51.6 Å². The molecule has 8 heteroatoms. The van der Waals surface area contributed by atoms with E-state index in [1.54, 1.807) is 12.3 Å². The zero-order chi connectivity index (χ0) is 30.3. The molecule has 1 radical (unpaired) electrons. The van der Waals surface area contributed by atoms with Crippen LogP contribution in [0.15, 0.2) is 85.1 Å². The minimum absolute atomic E-state index is 0. The van der Waals surface area contributed by atoms with Gasteiger partial charge >= 0.3 is 6.18 Å². The Bertz CT molecular complexity index is 1610. The van der Waals surface area contributed by atoms with Gasteiger partial charge in [0.1, 0.15) is 0 Å². The average Bonchev–Trinajstić information content (AvgIpc) is 2.96. The predicted octanol–water partition coefficient (Wildman–Crippen LogP) is 9.35. The van der Waals surface area contributed by atoms with Crippen molar-refractivity contribution in [1.29, 1.82) is 0 Å². The number of pyridine rings is 1.